The lowest BCUT2D eigenvalue weighted by Gasteiger charge is -2.35. The van der Waals surface area contributed by atoms with E-state index in [0.29, 0.717) is 13.2 Å². The quantitative estimate of drug-likeness (QED) is 0.278. The highest BCUT2D eigenvalue weighted by Crippen LogP contribution is 2.65. The number of anilines is 1. The molecule has 0 heterocycles. The van der Waals surface area contributed by atoms with Gasteiger partial charge >= 0.3 is 6.03 Å². The number of urea groups is 1. The highest BCUT2D eigenvalue weighted by atomic mass is 35.6. The van der Waals surface area contributed by atoms with Gasteiger partial charge in [0.05, 0.1) is 18.9 Å². The molecule has 148 valence electrons. The van der Waals surface area contributed by atoms with E-state index in [4.69, 9.17) is 55.7 Å². The Morgan fingerprint density at radius 2 is 1.88 bits per heavy atom. The Labute approximate surface area is 176 Å². The van der Waals surface area contributed by atoms with Gasteiger partial charge in [-0.3, -0.25) is 0 Å². The lowest BCUT2D eigenvalue weighted by atomic mass is 10.3. The van der Waals surface area contributed by atoms with E-state index in [0.717, 1.165) is 16.3 Å². The van der Waals surface area contributed by atoms with E-state index in [9.17, 15) is 9.18 Å². The zero-order valence-electron chi connectivity index (χ0n) is 14.2. The molecule has 1 N–H and O–H groups in total. The number of halogens is 4. The molecule has 12 heteroatoms. The molecule has 0 spiro atoms. The Kier molecular flexibility index (Phi) is 9.95. The van der Waals surface area contributed by atoms with E-state index in [1.807, 2.05) is 0 Å². The molecule has 1 aromatic carbocycles. The van der Waals surface area contributed by atoms with Crippen molar-refractivity contribution in [1.82, 2.24) is 4.90 Å². The number of benzene rings is 1. The van der Waals surface area contributed by atoms with Crippen LogP contribution in [0.1, 0.15) is 13.8 Å². The molecule has 0 saturated carbocycles. The molecule has 2 amide bonds. The lowest BCUT2D eigenvalue weighted by molar-refractivity contribution is 0.219. The van der Waals surface area contributed by atoms with Gasteiger partial charge < -0.3 is 19.3 Å². The van der Waals surface area contributed by atoms with Gasteiger partial charge in [-0.25, -0.2) is 9.18 Å². The first-order valence-corrected chi connectivity index (χ1v) is 12.7. The second-order valence-electron chi connectivity index (χ2n) is 4.80. The van der Waals surface area contributed by atoms with Crippen molar-refractivity contribution in [3.63, 3.8) is 0 Å². The standard InChI is InChI=1S/C14H19Cl3FN2O3PS2/c1-4-22-24(25,23-5-2)26-12(14(15,16)17)20(3)13(21)19-11-9-7-6-8-10(11)18/h6-9,12H,4-5H2,1-3H3,(H,19,21). The van der Waals surface area contributed by atoms with Gasteiger partial charge in [0.25, 0.3) is 0 Å². The van der Waals surface area contributed by atoms with Crippen LogP contribution in [0.4, 0.5) is 14.9 Å². The van der Waals surface area contributed by atoms with Gasteiger partial charge in [0.15, 0.2) is 0 Å². The molecule has 0 aliphatic rings. The molecular weight excluding hydrogens is 465 g/mol. The zero-order valence-corrected chi connectivity index (χ0v) is 19.0. The van der Waals surface area contributed by atoms with E-state index in [1.165, 1.54) is 25.2 Å². The van der Waals surface area contributed by atoms with Crippen molar-refractivity contribution < 1.29 is 18.2 Å². The van der Waals surface area contributed by atoms with Crippen molar-refractivity contribution in [3.05, 3.63) is 30.1 Å². The second-order valence-corrected chi connectivity index (χ2v) is 13.5. The number of para-hydroxylation sites is 1. The highest BCUT2D eigenvalue weighted by molar-refractivity contribution is 8.68. The summed E-state index contributed by atoms with van der Waals surface area (Å²) in [4.78, 5) is 13.6. The number of hydrogen-bond acceptors (Lipinski definition) is 5. The van der Waals surface area contributed by atoms with E-state index >= 15 is 0 Å². The van der Waals surface area contributed by atoms with Crippen molar-refractivity contribution in [2.24, 2.45) is 0 Å². The SMILES string of the molecule is CCOP(=S)(OCC)SC(N(C)C(=O)Nc1ccccc1F)C(Cl)(Cl)Cl. The Bertz CT molecular complexity index is 657. The molecule has 1 rings (SSSR count). The molecule has 0 aromatic heterocycles. The minimum Gasteiger partial charge on any atom is -0.322 e. The van der Waals surface area contributed by atoms with Crippen LogP contribution in [0.5, 0.6) is 0 Å². The highest BCUT2D eigenvalue weighted by Gasteiger charge is 2.43. The average molecular weight is 484 g/mol. The fourth-order valence-electron chi connectivity index (χ4n) is 1.76. The molecule has 0 bridgehead atoms. The van der Waals surface area contributed by atoms with Crippen LogP contribution in [-0.2, 0) is 20.9 Å². The van der Waals surface area contributed by atoms with E-state index in [-0.39, 0.29) is 5.69 Å². The van der Waals surface area contributed by atoms with Gasteiger partial charge in [-0.1, -0.05) is 46.9 Å². The third kappa shape index (κ3) is 7.32. The number of rotatable bonds is 8. The summed E-state index contributed by atoms with van der Waals surface area (Å²) in [5, 5.41) is 1.41. The molecule has 0 saturated heterocycles. The van der Waals surface area contributed by atoms with Crippen molar-refractivity contribution in [3.8, 4) is 0 Å². The summed E-state index contributed by atoms with van der Waals surface area (Å²) in [6.07, 6.45) is 0. The summed E-state index contributed by atoms with van der Waals surface area (Å²) in [6, 6.07) is 5.07. The maximum Gasteiger partial charge on any atom is 0.322 e. The van der Waals surface area contributed by atoms with Gasteiger partial charge in [0.2, 0.25) is 9.49 Å². The first kappa shape index (κ1) is 24.2. The van der Waals surface area contributed by atoms with Crippen LogP contribution in [0.15, 0.2) is 24.3 Å². The van der Waals surface area contributed by atoms with Gasteiger partial charge in [0.1, 0.15) is 11.2 Å². The molecule has 0 radical (unpaired) electrons. The third-order valence-corrected chi connectivity index (χ3v) is 9.57. The zero-order chi connectivity index (χ0) is 20.0. The number of carbonyl (C=O) groups excluding carboxylic acids is 1. The van der Waals surface area contributed by atoms with Gasteiger partial charge in [-0.2, -0.15) is 0 Å². The number of amides is 2. The van der Waals surface area contributed by atoms with Crippen molar-refractivity contribution in [2.45, 2.75) is 23.0 Å². The van der Waals surface area contributed by atoms with Gasteiger partial charge in [-0.05, 0) is 49.2 Å². The fraction of sp³-hybridized carbons (Fsp3) is 0.500. The summed E-state index contributed by atoms with van der Waals surface area (Å²) in [7, 11) is 1.41. The first-order valence-electron chi connectivity index (χ1n) is 7.46. The minimum atomic E-state index is -2.86. The molecule has 1 atom stereocenters. The average Bonchev–Trinajstić information content (AvgIpc) is 2.53. The normalized spacial score (nSPS) is 13.3. The van der Waals surface area contributed by atoms with Crippen LogP contribution in [0.25, 0.3) is 0 Å². The van der Waals surface area contributed by atoms with Crippen molar-refractivity contribution in [2.75, 3.05) is 25.6 Å². The smallest absolute Gasteiger partial charge is 0.322 e. The molecule has 1 aromatic rings. The predicted molar refractivity (Wildman–Crippen MR) is 112 cm³/mol. The molecule has 0 aliphatic heterocycles. The summed E-state index contributed by atoms with van der Waals surface area (Å²) in [6.45, 7) is 4.14. The number of nitrogens with zero attached hydrogens (tertiary/aromatic N) is 1. The van der Waals surface area contributed by atoms with Crippen LogP contribution in [-0.4, -0.2) is 40.4 Å². The second kappa shape index (κ2) is 10.7. The number of alkyl halides is 3. The van der Waals surface area contributed by atoms with Gasteiger partial charge in [0, 0.05) is 7.05 Å². The molecular formula is C14H19Cl3FN2O3PS2. The summed E-state index contributed by atoms with van der Waals surface area (Å²) >= 11 is 24.6. The topological polar surface area (TPSA) is 50.8 Å². The molecule has 1 unspecified atom stereocenters. The van der Waals surface area contributed by atoms with E-state index in [1.54, 1.807) is 19.9 Å². The van der Waals surface area contributed by atoms with Crippen LogP contribution in [0.2, 0.25) is 0 Å². The maximum atomic E-state index is 13.8. The Hall–Kier alpha value is 0.210. The molecule has 26 heavy (non-hydrogen) atoms. The Morgan fingerprint density at radius 1 is 1.35 bits per heavy atom. The summed E-state index contributed by atoms with van der Waals surface area (Å²) in [5.74, 6) is -0.582. The number of carbonyl (C=O) groups is 1. The first-order chi connectivity index (χ1) is 12.0. The number of nitrogens with one attached hydrogen (secondary N) is 1. The minimum absolute atomic E-state index is 0.00599. The maximum absolute atomic E-state index is 13.8. The van der Waals surface area contributed by atoms with Crippen LogP contribution in [0.3, 0.4) is 0 Å². The Balaban J connectivity index is 3.02. The largest absolute Gasteiger partial charge is 0.322 e. The summed E-state index contributed by atoms with van der Waals surface area (Å²) < 4.78 is 22.9. The van der Waals surface area contributed by atoms with E-state index in [2.05, 4.69) is 5.32 Å². The number of hydrogen-bond donors (Lipinski definition) is 1. The predicted octanol–water partition coefficient (Wildman–Crippen LogP) is 6.02. The van der Waals surface area contributed by atoms with Crippen molar-refractivity contribution >= 4 is 75.4 Å². The summed E-state index contributed by atoms with van der Waals surface area (Å²) in [5.41, 5.74) is -2.85. The van der Waals surface area contributed by atoms with Crippen molar-refractivity contribution in [1.29, 1.82) is 0 Å². The lowest BCUT2D eigenvalue weighted by Crippen LogP contribution is -2.45. The molecule has 5 nitrogen and oxygen atoms in total. The molecule has 0 fully saturated rings. The van der Waals surface area contributed by atoms with Gasteiger partial charge in [-0.15, -0.1) is 0 Å². The van der Waals surface area contributed by atoms with Crippen LogP contribution < -0.4 is 5.32 Å². The van der Waals surface area contributed by atoms with Crippen LogP contribution >= 0.6 is 51.9 Å². The monoisotopic (exact) mass is 482 g/mol. The third-order valence-electron chi connectivity index (χ3n) is 2.87. The van der Waals surface area contributed by atoms with E-state index < -0.39 is 26.7 Å². The Morgan fingerprint density at radius 3 is 2.35 bits per heavy atom. The molecule has 0 aliphatic carbocycles. The fourth-order valence-corrected chi connectivity index (χ4v) is 8.58. The van der Waals surface area contributed by atoms with Crippen LogP contribution in [0, 0.1) is 5.82 Å².